The minimum Gasteiger partial charge on any atom is -0.465 e. The molecule has 0 heterocycles. The Morgan fingerprint density at radius 1 is 1.32 bits per heavy atom. The number of hydrogen-bond acceptors (Lipinski definition) is 3. The molecular weight excluding hydrogens is 312 g/mol. The number of ether oxygens (including phenoxy) is 1. The first-order valence-electron chi connectivity index (χ1n) is 8.90. The van der Waals surface area contributed by atoms with Gasteiger partial charge in [-0.2, -0.15) is 0 Å². The van der Waals surface area contributed by atoms with E-state index >= 15 is 0 Å². The second-order valence-electron chi connectivity index (χ2n) is 6.59. The molecule has 0 aromatic heterocycles. The largest absolute Gasteiger partial charge is 0.465 e. The van der Waals surface area contributed by atoms with E-state index in [4.69, 9.17) is 4.74 Å². The van der Waals surface area contributed by atoms with Crippen molar-refractivity contribution in [1.82, 2.24) is 0 Å². The second-order valence-corrected chi connectivity index (χ2v) is 6.59. The van der Waals surface area contributed by atoms with Crippen LogP contribution in [0.25, 0.3) is 0 Å². The molecule has 0 spiro atoms. The minimum absolute atomic E-state index is 0.0593. The quantitative estimate of drug-likeness (QED) is 0.446. The first-order valence-corrected chi connectivity index (χ1v) is 8.90. The van der Waals surface area contributed by atoms with E-state index in [9.17, 15) is 9.59 Å². The van der Waals surface area contributed by atoms with Crippen LogP contribution in [0.15, 0.2) is 59.3 Å². The van der Waals surface area contributed by atoms with E-state index in [0.29, 0.717) is 12.0 Å². The molecule has 3 heteroatoms. The van der Waals surface area contributed by atoms with E-state index in [0.717, 1.165) is 31.3 Å². The number of rotatable bonds is 8. The van der Waals surface area contributed by atoms with Crippen molar-refractivity contribution in [3.8, 4) is 0 Å². The summed E-state index contributed by atoms with van der Waals surface area (Å²) < 4.78 is 4.76. The molecule has 1 unspecified atom stereocenters. The number of allylic oxidation sites excluding steroid dienone is 7. The highest BCUT2D eigenvalue weighted by Crippen LogP contribution is 2.22. The van der Waals surface area contributed by atoms with Gasteiger partial charge in [0.15, 0.2) is 5.78 Å². The lowest BCUT2D eigenvalue weighted by atomic mass is 9.94. The van der Waals surface area contributed by atoms with Gasteiger partial charge in [-0.05, 0) is 63.2 Å². The summed E-state index contributed by atoms with van der Waals surface area (Å²) in [4.78, 5) is 23.5. The Balaban J connectivity index is 2.60. The highest BCUT2D eigenvalue weighted by Gasteiger charge is 2.17. The molecule has 0 fully saturated rings. The number of methoxy groups -OCH3 is 1. The average molecular weight is 342 g/mol. The zero-order valence-electron chi connectivity index (χ0n) is 15.9. The first-order chi connectivity index (χ1) is 11.9. The number of carbonyl (C=O) groups is 2. The summed E-state index contributed by atoms with van der Waals surface area (Å²) in [6.45, 7) is 10.3. The molecule has 1 aliphatic carbocycles. The maximum Gasteiger partial charge on any atom is 0.337 e. The van der Waals surface area contributed by atoms with Crippen LogP contribution in [0.3, 0.4) is 0 Å². The average Bonchev–Trinajstić information content (AvgIpc) is 2.79. The molecule has 1 rings (SSSR count). The normalized spacial score (nSPS) is 18.6. The van der Waals surface area contributed by atoms with Crippen molar-refractivity contribution in [3.05, 3.63) is 59.3 Å². The van der Waals surface area contributed by atoms with E-state index in [1.165, 1.54) is 24.3 Å². The molecule has 136 valence electrons. The van der Waals surface area contributed by atoms with Gasteiger partial charge in [-0.15, -0.1) is 0 Å². The number of esters is 1. The SMILES string of the molecule is C=C(CC)C(C)=CC=C(C)CCCC1C=C(C(=O)OC)C=CC(=O)C1. The van der Waals surface area contributed by atoms with Gasteiger partial charge in [-0.25, -0.2) is 4.79 Å². The van der Waals surface area contributed by atoms with Crippen LogP contribution in [0.1, 0.15) is 52.9 Å². The maximum absolute atomic E-state index is 11.8. The van der Waals surface area contributed by atoms with Crippen LogP contribution in [0.2, 0.25) is 0 Å². The first kappa shape index (κ1) is 20.9. The number of carbonyl (C=O) groups excluding carboxylic acids is 2. The summed E-state index contributed by atoms with van der Waals surface area (Å²) in [5.74, 6) is -0.241. The lowest BCUT2D eigenvalue weighted by Gasteiger charge is -2.11. The second kappa shape index (κ2) is 10.7. The van der Waals surface area contributed by atoms with Crippen molar-refractivity contribution < 1.29 is 14.3 Å². The van der Waals surface area contributed by atoms with Gasteiger partial charge >= 0.3 is 5.97 Å². The third-order valence-corrected chi connectivity index (χ3v) is 4.50. The van der Waals surface area contributed by atoms with Crippen molar-refractivity contribution in [1.29, 1.82) is 0 Å². The Kier molecular flexibility index (Phi) is 8.90. The molecular formula is C22H30O3. The smallest absolute Gasteiger partial charge is 0.337 e. The molecule has 0 radical (unpaired) electrons. The summed E-state index contributed by atoms with van der Waals surface area (Å²) in [7, 11) is 1.36. The fourth-order valence-corrected chi connectivity index (χ4v) is 2.71. The molecule has 0 saturated heterocycles. The molecule has 0 aromatic carbocycles. The van der Waals surface area contributed by atoms with Gasteiger partial charge in [0.2, 0.25) is 0 Å². The van der Waals surface area contributed by atoms with Gasteiger partial charge < -0.3 is 4.74 Å². The Morgan fingerprint density at radius 3 is 2.68 bits per heavy atom. The molecule has 0 saturated carbocycles. The number of ketones is 1. The van der Waals surface area contributed by atoms with Gasteiger partial charge in [0.05, 0.1) is 12.7 Å². The molecule has 1 aliphatic rings. The lowest BCUT2D eigenvalue weighted by Crippen LogP contribution is -2.06. The van der Waals surface area contributed by atoms with Gasteiger partial charge in [0.1, 0.15) is 0 Å². The van der Waals surface area contributed by atoms with Crippen LogP contribution >= 0.6 is 0 Å². The topological polar surface area (TPSA) is 43.4 Å². The lowest BCUT2D eigenvalue weighted by molar-refractivity contribution is -0.135. The van der Waals surface area contributed by atoms with Crippen molar-refractivity contribution in [3.63, 3.8) is 0 Å². The minimum atomic E-state index is -0.385. The van der Waals surface area contributed by atoms with Gasteiger partial charge in [0.25, 0.3) is 0 Å². The molecule has 25 heavy (non-hydrogen) atoms. The van der Waals surface area contributed by atoms with Crippen LogP contribution in [-0.4, -0.2) is 18.9 Å². The molecule has 1 atom stereocenters. The van der Waals surface area contributed by atoms with Gasteiger partial charge in [0, 0.05) is 6.42 Å². The zero-order chi connectivity index (χ0) is 18.8. The van der Waals surface area contributed by atoms with Crippen LogP contribution in [-0.2, 0) is 14.3 Å². The molecule has 0 aliphatic heterocycles. The van der Waals surface area contributed by atoms with Crippen molar-refractivity contribution in [2.75, 3.05) is 7.11 Å². The fraction of sp³-hybridized carbons (Fsp3) is 0.455. The molecule has 0 aromatic rings. The van der Waals surface area contributed by atoms with E-state index in [-0.39, 0.29) is 17.7 Å². The number of hydrogen-bond donors (Lipinski definition) is 0. The zero-order valence-corrected chi connectivity index (χ0v) is 15.9. The highest BCUT2D eigenvalue weighted by atomic mass is 16.5. The Hall–Kier alpha value is -2.16. The van der Waals surface area contributed by atoms with Gasteiger partial charge in [-0.1, -0.05) is 42.9 Å². The third-order valence-electron chi connectivity index (χ3n) is 4.50. The van der Waals surface area contributed by atoms with Crippen molar-refractivity contribution in [2.45, 2.75) is 52.9 Å². The maximum atomic E-state index is 11.8. The molecule has 3 nitrogen and oxygen atoms in total. The van der Waals surface area contributed by atoms with E-state index < -0.39 is 0 Å². The summed E-state index contributed by atoms with van der Waals surface area (Å²) in [6, 6.07) is 0. The Labute approximate surface area is 151 Å². The monoisotopic (exact) mass is 342 g/mol. The van der Waals surface area contributed by atoms with Crippen molar-refractivity contribution >= 4 is 11.8 Å². The van der Waals surface area contributed by atoms with Crippen molar-refractivity contribution in [2.24, 2.45) is 5.92 Å². The summed E-state index contributed by atoms with van der Waals surface area (Å²) in [5.41, 5.74) is 4.16. The standard InChI is InChI=1S/C22H30O3/c1-6-17(3)18(4)11-10-16(2)8-7-9-19-14-20(22(24)25-5)12-13-21(23)15-19/h10-14,19H,3,6-9,15H2,1-2,4-5H3. The van der Waals surface area contributed by atoms with Crippen LogP contribution < -0.4 is 0 Å². The van der Waals surface area contributed by atoms with Crippen LogP contribution in [0.4, 0.5) is 0 Å². The summed E-state index contributed by atoms with van der Waals surface area (Å²) in [6.07, 6.45) is 13.4. The predicted molar refractivity (Wildman–Crippen MR) is 103 cm³/mol. The van der Waals surface area contributed by atoms with Crippen LogP contribution in [0, 0.1) is 5.92 Å². The van der Waals surface area contributed by atoms with E-state index in [1.807, 2.05) is 6.08 Å². The van der Waals surface area contributed by atoms with Crippen LogP contribution in [0.5, 0.6) is 0 Å². The highest BCUT2D eigenvalue weighted by molar-refractivity contribution is 5.97. The summed E-state index contributed by atoms with van der Waals surface area (Å²) in [5, 5.41) is 0. The Morgan fingerprint density at radius 2 is 2.04 bits per heavy atom. The predicted octanol–water partition coefficient (Wildman–Crippen LogP) is 5.26. The molecule has 0 bridgehead atoms. The third kappa shape index (κ3) is 7.51. The fourth-order valence-electron chi connectivity index (χ4n) is 2.71. The van der Waals surface area contributed by atoms with E-state index in [2.05, 4.69) is 39.5 Å². The molecule has 0 amide bonds. The van der Waals surface area contributed by atoms with Gasteiger partial charge in [-0.3, -0.25) is 4.79 Å². The Bertz CT molecular complexity index is 630. The summed E-state index contributed by atoms with van der Waals surface area (Å²) >= 11 is 0. The van der Waals surface area contributed by atoms with E-state index in [1.54, 1.807) is 6.08 Å². The molecule has 0 N–H and O–H groups in total.